The van der Waals surface area contributed by atoms with Crippen molar-refractivity contribution in [2.45, 2.75) is 13.3 Å². The van der Waals surface area contributed by atoms with Crippen molar-refractivity contribution in [1.82, 2.24) is 9.36 Å². The number of anilines is 1. The van der Waals surface area contributed by atoms with E-state index in [-0.39, 0.29) is 18.1 Å². The molecule has 0 atom stereocenters. The van der Waals surface area contributed by atoms with Crippen molar-refractivity contribution in [1.29, 1.82) is 0 Å². The Balaban J connectivity index is 1.61. The molecule has 2 aromatic carbocycles. The van der Waals surface area contributed by atoms with Crippen LogP contribution in [0.1, 0.15) is 23.1 Å². The summed E-state index contributed by atoms with van der Waals surface area (Å²) in [5, 5.41) is 3.03. The van der Waals surface area contributed by atoms with E-state index in [2.05, 4.69) is 14.7 Å². The SMILES string of the molecule is COc1ccc(Oc2ccc(C(=O)Nc3nc(CC(C)=O)ns3)cc2)cc1. The first kappa shape index (κ1) is 18.5. The maximum absolute atomic E-state index is 12.3. The molecule has 0 bridgehead atoms. The van der Waals surface area contributed by atoms with Gasteiger partial charge in [-0.05, 0) is 55.5 Å². The number of methoxy groups -OCH3 is 1. The second kappa shape index (κ2) is 8.41. The number of Topliss-reactive ketones (excluding diaryl/α,β-unsaturated/α-hetero) is 1. The number of hydrogen-bond acceptors (Lipinski definition) is 7. The number of carbonyl (C=O) groups excluding carboxylic acids is 2. The van der Waals surface area contributed by atoms with Gasteiger partial charge in [0.25, 0.3) is 5.91 Å². The van der Waals surface area contributed by atoms with Gasteiger partial charge in [0.05, 0.1) is 13.5 Å². The van der Waals surface area contributed by atoms with E-state index in [0.29, 0.717) is 28.0 Å². The summed E-state index contributed by atoms with van der Waals surface area (Å²) in [4.78, 5) is 27.5. The molecule has 0 aliphatic heterocycles. The highest BCUT2D eigenvalue weighted by Gasteiger charge is 2.11. The van der Waals surface area contributed by atoms with E-state index in [0.717, 1.165) is 17.3 Å². The molecule has 0 unspecified atom stereocenters. The van der Waals surface area contributed by atoms with Gasteiger partial charge in [0, 0.05) is 17.1 Å². The second-order valence-corrected chi connectivity index (χ2v) is 6.40. The molecule has 3 rings (SSSR count). The topological polar surface area (TPSA) is 90.4 Å². The van der Waals surface area contributed by atoms with E-state index in [1.807, 2.05) is 0 Å². The normalized spacial score (nSPS) is 10.3. The quantitative estimate of drug-likeness (QED) is 0.669. The number of amides is 1. The Bertz CT molecular complexity index is 936. The molecular formula is C19H17N3O4S. The number of nitrogens with one attached hydrogen (secondary N) is 1. The third-order valence-electron chi connectivity index (χ3n) is 3.51. The lowest BCUT2D eigenvalue weighted by Gasteiger charge is -2.07. The number of ketones is 1. The monoisotopic (exact) mass is 383 g/mol. The fourth-order valence-corrected chi connectivity index (χ4v) is 2.80. The van der Waals surface area contributed by atoms with Crippen molar-refractivity contribution in [2.75, 3.05) is 12.4 Å². The fraction of sp³-hybridized carbons (Fsp3) is 0.158. The van der Waals surface area contributed by atoms with Gasteiger partial charge < -0.3 is 9.47 Å². The molecule has 0 saturated carbocycles. The molecule has 0 aliphatic carbocycles. The van der Waals surface area contributed by atoms with E-state index in [9.17, 15) is 9.59 Å². The van der Waals surface area contributed by atoms with Crippen LogP contribution in [0.5, 0.6) is 17.2 Å². The van der Waals surface area contributed by atoms with Gasteiger partial charge in [-0.2, -0.15) is 4.37 Å². The molecule has 1 N–H and O–H groups in total. The summed E-state index contributed by atoms with van der Waals surface area (Å²) in [6.07, 6.45) is 0.157. The molecule has 0 fully saturated rings. The van der Waals surface area contributed by atoms with Gasteiger partial charge in [0.1, 0.15) is 23.0 Å². The number of rotatable bonds is 7. The molecule has 7 nitrogen and oxygen atoms in total. The smallest absolute Gasteiger partial charge is 0.257 e. The van der Waals surface area contributed by atoms with Crippen LogP contribution in [0.4, 0.5) is 5.13 Å². The average Bonchev–Trinajstić information content (AvgIpc) is 3.09. The van der Waals surface area contributed by atoms with Gasteiger partial charge in [-0.25, -0.2) is 4.98 Å². The second-order valence-electron chi connectivity index (χ2n) is 5.65. The number of carbonyl (C=O) groups is 2. The van der Waals surface area contributed by atoms with E-state index in [1.165, 1.54) is 6.92 Å². The first-order chi connectivity index (χ1) is 13.0. The van der Waals surface area contributed by atoms with Crippen molar-refractivity contribution in [3.8, 4) is 17.2 Å². The Labute approximate surface area is 160 Å². The lowest BCUT2D eigenvalue weighted by atomic mass is 10.2. The van der Waals surface area contributed by atoms with Crippen LogP contribution in [0.15, 0.2) is 48.5 Å². The Morgan fingerprint density at radius 2 is 1.59 bits per heavy atom. The predicted molar refractivity (Wildman–Crippen MR) is 102 cm³/mol. The first-order valence-corrected chi connectivity index (χ1v) is 8.86. The van der Waals surface area contributed by atoms with Crippen LogP contribution >= 0.6 is 11.5 Å². The molecule has 138 valence electrons. The summed E-state index contributed by atoms with van der Waals surface area (Å²) < 4.78 is 14.9. The van der Waals surface area contributed by atoms with Gasteiger partial charge in [0.15, 0.2) is 5.82 Å². The average molecular weight is 383 g/mol. The fourth-order valence-electron chi connectivity index (χ4n) is 2.22. The summed E-state index contributed by atoms with van der Waals surface area (Å²) in [7, 11) is 1.60. The number of ether oxygens (including phenoxy) is 2. The zero-order chi connectivity index (χ0) is 19.2. The van der Waals surface area contributed by atoms with Gasteiger partial charge in [-0.3, -0.25) is 14.9 Å². The predicted octanol–water partition coefficient (Wildman–Crippen LogP) is 3.72. The lowest BCUT2D eigenvalue weighted by molar-refractivity contribution is -0.116. The summed E-state index contributed by atoms with van der Waals surface area (Å²) >= 11 is 1.04. The highest BCUT2D eigenvalue weighted by molar-refractivity contribution is 7.09. The standard InChI is InChI=1S/C19H17N3O4S/c1-12(23)11-17-20-19(27-22-17)21-18(24)13-3-5-15(6-4-13)26-16-9-7-14(25-2)8-10-16/h3-10H,11H2,1-2H3,(H,20,21,22,24). The molecular weight excluding hydrogens is 366 g/mol. The van der Waals surface area contributed by atoms with Crippen molar-refractivity contribution in [3.63, 3.8) is 0 Å². The van der Waals surface area contributed by atoms with Crippen LogP contribution < -0.4 is 14.8 Å². The summed E-state index contributed by atoms with van der Waals surface area (Å²) in [5.74, 6) is 2.09. The van der Waals surface area contributed by atoms with Crippen LogP contribution in [0.2, 0.25) is 0 Å². The van der Waals surface area contributed by atoms with Gasteiger partial charge in [-0.1, -0.05) is 0 Å². The van der Waals surface area contributed by atoms with Crippen molar-refractivity contribution in [2.24, 2.45) is 0 Å². The van der Waals surface area contributed by atoms with E-state index in [1.54, 1.807) is 55.6 Å². The molecule has 0 radical (unpaired) electrons. The molecule has 1 heterocycles. The zero-order valence-electron chi connectivity index (χ0n) is 14.8. The van der Waals surface area contributed by atoms with Gasteiger partial charge >= 0.3 is 0 Å². The maximum atomic E-state index is 12.3. The Morgan fingerprint density at radius 3 is 2.19 bits per heavy atom. The summed E-state index contributed by atoms with van der Waals surface area (Å²) in [6.45, 7) is 1.47. The third-order valence-corrected chi connectivity index (χ3v) is 4.18. The highest BCUT2D eigenvalue weighted by atomic mass is 32.1. The number of nitrogens with zero attached hydrogens (tertiary/aromatic N) is 2. The van der Waals surface area contributed by atoms with Crippen molar-refractivity contribution < 1.29 is 19.1 Å². The molecule has 1 amide bonds. The number of hydrogen-bond donors (Lipinski definition) is 1. The Kier molecular flexibility index (Phi) is 5.77. The molecule has 8 heteroatoms. The van der Waals surface area contributed by atoms with E-state index in [4.69, 9.17) is 9.47 Å². The highest BCUT2D eigenvalue weighted by Crippen LogP contribution is 2.24. The summed E-state index contributed by atoms with van der Waals surface area (Å²) in [6, 6.07) is 13.9. The Morgan fingerprint density at radius 1 is 1.00 bits per heavy atom. The van der Waals surface area contributed by atoms with Crippen molar-refractivity contribution in [3.05, 3.63) is 59.9 Å². The molecule has 0 saturated heterocycles. The van der Waals surface area contributed by atoms with Crippen LogP contribution in [-0.4, -0.2) is 28.2 Å². The molecule has 0 spiro atoms. The van der Waals surface area contributed by atoms with Crippen LogP contribution in [0.25, 0.3) is 0 Å². The Hall–Kier alpha value is -3.26. The van der Waals surface area contributed by atoms with Gasteiger partial charge in [-0.15, -0.1) is 0 Å². The molecule has 27 heavy (non-hydrogen) atoms. The minimum atomic E-state index is -0.309. The van der Waals surface area contributed by atoms with Gasteiger partial charge in [0.2, 0.25) is 5.13 Å². The zero-order valence-corrected chi connectivity index (χ0v) is 15.6. The molecule has 1 aromatic heterocycles. The van der Waals surface area contributed by atoms with Crippen molar-refractivity contribution >= 4 is 28.4 Å². The number of aromatic nitrogens is 2. The minimum Gasteiger partial charge on any atom is -0.497 e. The van der Waals surface area contributed by atoms with Crippen LogP contribution in [-0.2, 0) is 11.2 Å². The summed E-state index contributed by atoms with van der Waals surface area (Å²) in [5.41, 5.74) is 0.459. The maximum Gasteiger partial charge on any atom is 0.257 e. The minimum absolute atomic E-state index is 0.0295. The lowest BCUT2D eigenvalue weighted by Crippen LogP contribution is -2.11. The van der Waals surface area contributed by atoms with Crippen LogP contribution in [0, 0.1) is 0 Å². The van der Waals surface area contributed by atoms with E-state index >= 15 is 0 Å². The molecule has 0 aliphatic rings. The largest absolute Gasteiger partial charge is 0.497 e. The number of benzene rings is 2. The first-order valence-electron chi connectivity index (χ1n) is 8.09. The van der Waals surface area contributed by atoms with E-state index < -0.39 is 0 Å². The third kappa shape index (κ3) is 5.11. The molecule has 3 aromatic rings. The van der Waals surface area contributed by atoms with Crippen LogP contribution in [0.3, 0.4) is 0 Å².